The number of fused-ring (bicyclic) bond motifs is 5. The van der Waals surface area contributed by atoms with Gasteiger partial charge in [0.25, 0.3) is 0 Å². The number of hydrogen-bond donors (Lipinski definition) is 0. The average molecular weight is 536 g/mol. The summed E-state index contributed by atoms with van der Waals surface area (Å²) in [6, 6.07) is 63.9. The maximum absolute atomic E-state index is 2.47. The van der Waals surface area contributed by atoms with E-state index in [1.165, 1.54) is 49.8 Å². The number of hydrogen-bond acceptors (Lipinski definition) is 1. The Labute approximate surface area is 247 Å². The predicted molar refractivity (Wildman–Crippen MR) is 176 cm³/mol. The van der Waals surface area contributed by atoms with Gasteiger partial charge in [0.2, 0.25) is 0 Å². The van der Waals surface area contributed by atoms with Gasteiger partial charge in [-0.25, -0.2) is 0 Å². The van der Waals surface area contributed by atoms with Crippen LogP contribution in [0.5, 0.6) is 0 Å². The van der Waals surface area contributed by atoms with Gasteiger partial charge < -0.3 is 4.90 Å². The minimum absolute atomic E-state index is 0.466. The van der Waals surface area contributed by atoms with Crippen molar-refractivity contribution in [3.8, 4) is 11.1 Å². The molecule has 0 unspecified atom stereocenters. The first kappa shape index (κ1) is 24.4. The molecule has 0 N–H and O–H groups in total. The summed E-state index contributed by atoms with van der Waals surface area (Å²) in [5, 5.41) is 2.50. The molecule has 1 aliphatic carbocycles. The SMILES string of the molecule is c1ccc(N(c2ccccc2)c2cc3c(c4ccccc24)-c2ccccc2C3(c2ccccc2)c2ccccc2)cc1. The van der Waals surface area contributed by atoms with Crippen LogP contribution in [0.2, 0.25) is 0 Å². The van der Waals surface area contributed by atoms with Crippen LogP contribution in [-0.4, -0.2) is 0 Å². The minimum atomic E-state index is -0.466. The summed E-state index contributed by atoms with van der Waals surface area (Å²) in [6.07, 6.45) is 0. The Morgan fingerprint density at radius 1 is 0.381 bits per heavy atom. The molecule has 7 aromatic carbocycles. The molecule has 0 aliphatic heterocycles. The lowest BCUT2D eigenvalue weighted by molar-refractivity contribution is 0.769. The zero-order chi connectivity index (χ0) is 27.9. The van der Waals surface area contributed by atoms with Crippen LogP contribution in [-0.2, 0) is 5.41 Å². The van der Waals surface area contributed by atoms with Crippen LogP contribution in [0.4, 0.5) is 17.1 Å². The maximum atomic E-state index is 2.47. The topological polar surface area (TPSA) is 3.24 Å². The van der Waals surface area contributed by atoms with Crippen LogP contribution in [0.3, 0.4) is 0 Å². The summed E-state index contributed by atoms with van der Waals surface area (Å²) in [5.74, 6) is 0. The standard InChI is InChI=1S/C41H29N/c1-5-17-30(18-6-1)41(31-19-7-2-8-20-31)37-28-16-15-27-36(37)40-35-26-14-13-25-34(35)39(29-38(40)41)42(32-21-9-3-10-22-32)33-23-11-4-12-24-33/h1-29H. The number of para-hydroxylation sites is 2. The Morgan fingerprint density at radius 3 is 1.40 bits per heavy atom. The van der Waals surface area contributed by atoms with Crippen molar-refractivity contribution in [2.75, 3.05) is 4.90 Å². The molecule has 42 heavy (non-hydrogen) atoms. The fraction of sp³-hybridized carbons (Fsp3) is 0.0244. The number of benzene rings is 7. The van der Waals surface area contributed by atoms with Crippen LogP contribution in [0.1, 0.15) is 22.3 Å². The quantitative estimate of drug-likeness (QED) is 0.212. The van der Waals surface area contributed by atoms with Crippen molar-refractivity contribution in [1.82, 2.24) is 0 Å². The second-order valence-corrected chi connectivity index (χ2v) is 10.9. The summed E-state index contributed by atoms with van der Waals surface area (Å²) in [5.41, 5.74) is 10.8. The van der Waals surface area contributed by atoms with Crippen molar-refractivity contribution in [2.45, 2.75) is 5.41 Å². The molecule has 0 amide bonds. The third kappa shape index (κ3) is 3.57. The molecule has 0 bridgehead atoms. The lowest BCUT2D eigenvalue weighted by atomic mass is 9.67. The van der Waals surface area contributed by atoms with E-state index in [0.29, 0.717) is 0 Å². The van der Waals surface area contributed by atoms with E-state index in [0.717, 1.165) is 11.4 Å². The van der Waals surface area contributed by atoms with E-state index in [1.807, 2.05) is 0 Å². The first-order valence-corrected chi connectivity index (χ1v) is 14.5. The highest BCUT2D eigenvalue weighted by Gasteiger charge is 2.47. The predicted octanol–water partition coefficient (Wildman–Crippen LogP) is 10.7. The summed E-state index contributed by atoms with van der Waals surface area (Å²) >= 11 is 0. The van der Waals surface area contributed by atoms with Crippen LogP contribution < -0.4 is 4.90 Å². The fourth-order valence-electron chi connectivity index (χ4n) is 7.05. The van der Waals surface area contributed by atoms with Gasteiger partial charge in [-0.05, 0) is 69.1 Å². The van der Waals surface area contributed by atoms with E-state index >= 15 is 0 Å². The highest BCUT2D eigenvalue weighted by atomic mass is 15.1. The minimum Gasteiger partial charge on any atom is -0.310 e. The van der Waals surface area contributed by atoms with Crippen molar-refractivity contribution in [2.24, 2.45) is 0 Å². The van der Waals surface area contributed by atoms with Crippen molar-refractivity contribution in [3.05, 3.63) is 198 Å². The maximum Gasteiger partial charge on any atom is 0.0714 e. The van der Waals surface area contributed by atoms with E-state index in [4.69, 9.17) is 0 Å². The molecule has 0 heterocycles. The summed E-state index contributed by atoms with van der Waals surface area (Å²) < 4.78 is 0. The van der Waals surface area contributed by atoms with Crippen molar-refractivity contribution >= 4 is 27.8 Å². The number of anilines is 3. The van der Waals surface area contributed by atoms with Crippen molar-refractivity contribution < 1.29 is 0 Å². The second kappa shape index (κ2) is 9.90. The normalized spacial score (nSPS) is 13.0. The molecule has 0 saturated heterocycles. The molecule has 0 radical (unpaired) electrons. The molecule has 0 fully saturated rings. The summed E-state index contributed by atoms with van der Waals surface area (Å²) in [7, 11) is 0. The van der Waals surface area contributed by atoms with Gasteiger partial charge in [0.05, 0.1) is 11.1 Å². The van der Waals surface area contributed by atoms with Crippen LogP contribution >= 0.6 is 0 Å². The summed E-state index contributed by atoms with van der Waals surface area (Å²) in [4.78, 5) is 2.41. The van der Waals surface area contributed by atoms with Crippen molar-refractivity contribution in [3.63, 3.8) is 0 Å². The molecule has 8 rings (SSSR count). The average Bonchev–Trinajstić information content (AvgIpc) is 3.38. The zero-order valence-corrected chi connectivity index (χ0v) is 23.2. The van der Waals surface area contributed by atoms with E-state index in [1.54, 1.807) is 0 Å². The Bertz CT molecular complexity index is 1930. The molecule has 7 aromatic rings. The molecule has 198 valence electrons. The van der Waals surface area contributed by atoms with Gasteiger partial charge in [0.15, 0.2) is 0 Å². The lowest BCUT2D eigenvalue weighted by Gasteiger charge is -2.35. The molecule has 1 aliphatic rings. The summed E-state index contributed by atoms with van der Waals surface area (Å²) in [6.45, 7) is 0. The van der Waals surface area contributed by atoms with Gasteiger partial charge in [-0.15, -0.1) is 0 Å². The molecule has 0 spiro atoms. The van der Waals surface area contributed by atoms with E-state index < -0.39 is 5.41 Å². The fourth-order valence-corrected chi connectivity index (χ4v) is 7.05. The monoisotopic (exact) mass is 535 g/mol. The largest absolute Gasteiger partial charge is 0.310 e. The van der Waals surface area contributed by atoms with Crippen LogP contribution in [0, 0.1) is 0 Å². The number of nitrogens with zero attached hydrogens (tertiary/aromatic N) is 1. The molecule has 0 aromatic heterocycles. The van der Waals surface area contributed by atoms with Crippen LogP contribution in [0.25, 0.3) is 21.9 Å². The second-order valence-electron chi connectivity index (χ2n) is 10.9. The molecular weight excluding hydrogens is 506 g/mol. The van der Waals surface area contributed by atoms with E-state index in [9.17, 15) is 0 Å². The van der Waals surface area contributed by atoms with Gasteiger partial charge in [0.1, 0.15) is 0 Å². The third-order valence-electron chi connectivity index (χ3n) is 8.71. The van der Waals surface area contributed by atoms with Gasteiger partial charge in [-0.2, -0.15) is 0 Å². The highest BCUT2D eigenvalue weighted by Crippen LogP contribution is 2.59. The van der Waals surface area contributed by atoms with E-state index in [2.05, 4.69) is 181 Å². The Kier molecular flexibility index (Phi) is 5.75. The highest BCUT2D eigenvalue weighted by molar-refractivity contribution is 6.10. The van der Waals surface area contributed by atoms with Gasteiger partial charge in [-0.1, -0.05) is 146 Å². The zero-order valence-electron chi connectivity index (χ0n) is 23.2. The van der Waals surface area contributed by atoms with Gasteiger partial charge in [0, 0.05) is 16.8 Å². The van der Waals surface area contributed by atoms with Crippen molar-refractivity contribution in [1.29, 1.82) is 0 Å². The Balaban J connectivity index is 1.56. The first-order chi connectivity index (χ1) is 20.9. The van der Waals surface area contributed by atoms with Crippen LogP contribution in [0.15, 0.2) is 176 Å². The molecular formula is C41H29N. The first-order valence-electron chi connectivity index (χ1n) is 14.5. The van der Waals surface area contributed by atoms with Gasteiger partial charge in [-0.3, -0.25) is 0 Å². The van der Waals surface area contributed by atoms with E-state index in [-0.39, 0.29) is 0 Å². The molecule has 0 atom stereocenters. The number of rotatable bonds is 5. The third-order valence-corrected chi connectivity index (χ3v) is 8.71. The Morgan fingerprint density at radius 2 is 0.833 bits per heavy atom. The molecule has 1 nitrogen and oxygen atoms in total. The molecule has 0 saturated carbocycles. The molecule has 1 heteroatoms. The smallest absolute Gasteiger partial charge is 0.0714 e. The van der Waals surface area contributed by atoms with Gasteiger partial charge >= 0.3 is 0 Å². The Hall–Kier alpha value is -5.40. The lowest BCUT2D eigenvalue weighted by Crippen LogP contribution is -2.28.